The number of carbonyl (C=O) groups is 1. The normalized spacial score (nSPS) is 10.8. The number of nitrogens with zero attached hydrogens (tertiary/aromatic N) is 2. The highest BCUT2D eigenvalue weighted by atomic mass is 16.5. The van der Waals surface area contributed by atoms with Crippen molar-refractivity contribution in [2.75, 3.05) is 18.5 Å². The predicted molar refractivity (Wildman–Crippen MR) is 125 cm³/mol. The topological polar surface area (TPSA) is 91.6 Å². The van der Waals surface area contributed by atoms with Gasteiger partial charge in [0.15, 0.2) is 11.5 Å². The van der Waals surface area contributed by atoms with E-state index in [0.29, 0.717) is 41.3 Å². The summed E-state index contributed by atoms with van der Waals surface area (Å²) in [6, 6.07) is 12.0. The highest BCUT2D eigenvalue weighted by Crippen LogP contribution is 2.31. The first-order valence-corrected chi connectivity index (χ1v) is 10.9. The Labute approximate surface area is 186 Å². The van der Waals surface area contributed by atoms with E-state index in [0.717, 1.165) is 17.4 Å². The number of hydrogen-bond acceptors (Lipinski definition) is 5. The molecule has 0 radical (unpaired) electrons. The number of amides is 1. The fourth-order valence-corrected chi connectivity index (χ4v) is 3.39. The van der Waals surface area contributed by atoms with Gasteiger partial charge in [0.05, 0.1) is 24.1 Å². The molecule has 1 aromatic heterocycles. The molecule has 0 atom stereocenters. The quantitative estimate of drug-likeness (QED) is 0.523. The monoisotopic (exact) mass is 439 g/mol. The summed E-state index contributed by atoms with van der Waals surface area (Å²) >= 11 is 0. The molecule has 0 fully saturated rings. The van der Waals surface area contributed by atoms with Gasteiger partial charge in [-0.3, -0.25) is 18.7 Å². The molecular weight excluding hydrogens is 410 g/mol. The van der Waals surface area contributed by atoms with Crippen LogP contribution in [-0.4, -0.2) is 28.3 Å². The lowest BCUT2D eigenvalue weighted by Crippen LogP contribution is -2.41. The molecule has 3 rings (SSSR count). The van der Waals surface area contributed by atoms with Gasteiger partial charge < -0.3 is 14.8 Å². The molecular formula is C24H29N3O5. The first kappa shape index (κ1) is 23.1. The summed E-state index contributed by atoms with van der Waals surface area (Å²) in [7, 11) is 0. The summed E-state index contributed by atoms with van der Waals surface area (Å²) in [4.78, 5) is 38.2. The number of anilines is 1. The lowest BCUT2D eigenvalue weighted by molar-refractivity contribution is -0.116. The SMILES string of the molecule is CCCOc1ccc(NC(=O)Cn2c(=O)n(CC)c(=O)c3ccccc32)cc1OCCC. The van der Waals surface area contributed by atoms with Crippen LogP contribution in [0.25, 0.3) is 10.9 Å². The lowest BCUT2D eigenvalue weighted by Gasteiger charge is -2.15. The molecule has 2 aromatic carbocycles. The molecule has 170 valence electrons. The fourth-order valence-electron chi connectivity index (χ4n) is 3.39. The standard InChI is InChI=1S/C24H29N3O5/c1-4-13-31-20-12-11-17(15-21(20)32-14-5-2)25-22(28)16-27-19-10-8-7-9-18(19)23(29)26(6-3)24(27)30/h7-12,15H,4-6,13-14,16H2,1-3H3,(H,25,28). The molecule has 8 nitrogen and oxygen atoms in total. The Morgan fingerprint density at radius 1 is 0.906 bits per heavy atom. The summed E-state index contributed by atoms with van der Waals surface area (Å²) in [6.07, 6.45) is 1.71. The van der Waals surface area contributed by atoms with E-state index in [-0.39, 0.29) is 24.6 Å². The number of fused-ring (bicyclic) bond motifs is 1. The van der Waals surface area contributed by atoms with E-state index in [1.807, 2.05) is 13.8 Å². The molecule has 8 heteroatoms. The number of aromatic nitrogens is 2. The van der Waals surface area contributed by atoms with Crippen molar-refractivity contribution < 1.29 is 14.3 Å². The summed E-state index contributed by atoms with van der Waals surface area (Å²) in [5.74, 6) is 0.790. The zero-order valence-corrected chi connectivity index (χ0v) is 18.7. The first-order valence-electron chi connectivity index (χ1n) is 10.9. The Morgan fingerprint density at radius 3 is 2.28 bits per heavy atom. The van der Waals surface area contributed by atoms with Crippen LogP contribution in [-0.2, 0) is 17.9 Å². The second-order valence-corrected chi connectivity index (χ2v) is 7.34. The van der Waals surface area contributed by atoms with Gasteiger partial charge in [0.1, 0.15) is 6.54 Å². The highest BCUT2D eigenvalue weighted by Gasteiger charge is 2.15. The average molecular weight is 440 g/mol. The van der Waals surface area contributed by atoms with Gasteiger partial charge in [0.2, 0.25) is 5.91 Å². The summed E-state index contributed by atoms with van der Waals surface area (Å²) in [6.45, 7) is 6.85. The minimum absolute atomic E-state index is 0.223. The summed E-state index contributed by atoms with van der Waals surface area (Å²) in [5.41, 5.74) is 0.0931. The van der Waals surface area contributed by atoms with Gasteiger partial charge in [0, 0.05) is 18.3 Å². The Balaban J connectivity index is 1.88. The van der Waals surface area contributed by atoms with Gasteiger partial charge in [-0.15, -0.1) is 0 Å². The van der Waals surface area contributed by atoms with E-state index in [2.05, 4.69) is 5.32 Å². The molecule has 1 amide bonds. The van der Waals surface area contributed by atoms with Crippen LogP contribution >= 0.6 is 0 Å². The molecule has 32 heavy (non-hydrogen) atoms. The maximum Gasteiger partial charge on any atom is 0.331 e. The van der Waals surface area contributed by atoms with Gasteiger partial charge in [-0.2, -0.15) is 0 Å². The molecule has 0 saturated heterocycles. The zero-order chi connectivity index (χ0) is 23.1. The zero-order valence-electron chi connectivity index (χ0n) is 18.7. The van der Waals surface area contributed by atoms with Crippen molar-refractivity contribution in [3.05, 3.63) is 63.3 Å². The highest BCUT2D eigenvalue weighted by molar-refractivity contribution is 5.92. The maximum atomic E-state index is 12.8. The van der Waals surface area contributed by atoms with Crippen LogP contribution in [0.1, 0.15) is 33.6 Å². The molecule has 0 unspecified atom stereocenters. The van der Waals surface area contributed by atoms with Crippen molar-refractivity contribution in [3.8, 4) is 11.5 Å². The van der Waals surface area contributed by atoms with Crippen LogP contribution in [0.2, 0.25) is 0 Å². The van der Waals surface area contributed by atoms with E-state index in [9.17, 15) is 14.4 Å². The smallest absolute Gasteiger partial charge is 0.331 e. The molecule has 0 saturated carbocycles. The Hall–Kier alpha value is -3.55. The van der Waals surface area contributed by atoms with Crippen molar-refractivity contribution in [2.24, 2.45) is 0 Å². The first-order chi connectivity index (χ1) is 15.5. The molecule has 1 heterocycles. The van der Waals surface area contributed by atoms with Crippen molar-refractivity contribution in [3.63, 3.8) is 0 Å². The van der Waals surface area contributed by atoms with E-state index in [1.54, 1.807) is 49.4 Å². The van der Waals surface area contributed by atoms with Gasteiger partial charge >= 0.3 is 5.69 Å². The third-order valence-corrected chi connectivity index (χ3v) is 4.90. The Kier molecular flexibility index (Phi) is 7.70. The average Bonchev–Trinajstić information content (AvgIpc) is 2.80. The number of ether oxygens (including phenoxy) is 2. The van der Waals surface area contributed by atoms with E-state index in [4.69, 9.17) is 9.47 Å². The van der Waals surface area contributed by atoms with Crippen LogP contribution in [0.4, 0.5) is 5.69 Å². The number of para-hydroxylation sites is 1. The van der Waals surface area contributed by atoms with Crippen LogP contribution < -0.4 is 26.0 Å². The fraction of sp³-hybridized carbons (Fsp3) is 0.375. The second kappa shape index (κ2) is 10.7. The van der Waals surface area contributed by atoms with Crippen LogP contribution in [0.5, 0.6) is 11.5 Å². The van der Waals surface area contributed by atoms with Crippen molar-refractivity contribution in [1.29, 1.82) is 0 Å². The Morgan fingerprint density at radius 2 is 1.59 bits per heavy atom. The minimum Gasteiger partial charge on any atom is -0.490 e. The molecule has 0 aliphatic heterocycles. The second-order valence-electron chi connectivity index (χ2n) is 7.34. The van der Waals surface area contributed by atoms with E-state index >= 15 is 0 Å². The number of carbonyl (C=O) groups excluding carboxylic acids is 1. The summed E-state index contributed by atoms with van der Waals surface area (Å²) < 4.78 is 14.0. The van der Waals surface area contributed by atoms with Crippen LogP contribution in [0.3, 0.4) is 0 Å². The third-order valence-electron chi connectivity index (χ3n) is 4.90. The largest absolute Gasteiger partial charge is 0.490 e. The number of nitrogens with one attached hydrogen (secondary N) is 1. The van der Waals surface area contributed by atoms with Gasteiger partial charge in [0.25, 0.3) is 5.56 Å². The van der Waals surface area contributed by atoms with Crippen LogP contribution in [0.15, 0.2) is 52.1 Å². The minimum atomic E-state index is -0.512. The number of hydrogen-bond donors (Lipinski definition) is 1. The molecule has 1 N–H and O–H groups in total. The van der Waals surface area contributed by atoms with Crippen molar-refractivity contribution >= 4 is 22.5 Å². The van der Waals surface area contributed by atoms with Crippen molar-refractivity contribution in [1.82, 2.24) is 9.13 Å². The van der Waals surface area contributed by atoms with Gasteiger partial charge in [-0.25, -0.2) is 4.79 Å². The summed E-state index contributed by atoms with van der Waals surface area (Å²) in [5, 5.41) is 3.21. The molecule has 0 aliphatic rings. The van der Waals surface area contributed by atoms with Gasteiger partial charge in [-0.05, 0) is 44.0 Å². The molecule has 3 aromatic rings. The molecule has 0 spiro atoms. The number of rotatable bonds is 10. The van der Waals surface area contributed by atoms with E-state index < -0.39 is 5.69 Å². The lowest BCUT2D eigenvalue weighted by atomic mass is 10.2. The van der Waals surface area contributed by atoms with E-state index in [1.165, 1.54) is 4.57 Å². The van der Waals surface area contributed by atoms with Crippen molar-refractivity contribution in [2.45, 2.75) is 46.7 Å². The molecule has 0 bridgehead atoms. The van der Waals surface area contributed by atoms with Gasteiger partial charge in [-0.1, -0.05) is 26.0 Å². The maximum absolute atomic E-state index is 12.8. The Bertz CT molecular complexity index is 1210. The predicted octanol–water partition coefficient (Wildman–Crippen LogP) is 3.40. The number of benzene rings is 2. The van der Waals surface area contributed by atoms with Crippen LogP contribution in [0, 0.1) is 0 Å². The third kappa shape index (κ3) is 5.01. The molecule has 0 aliphatic carbocycles.